The Bertz CT molecular complexity index is 38.7. The molecule has 0 saturated carbocycles. The van der Waals surface area contributed by atoms with Gasteiger partial charge >= 0.3 is 0 Å². The summed E-state index contributed by atoms with van der Waals surface area (Å²) in [4.78, 5) is 8.89. The van der Waals surface area contributed by atoms with E-state index in [1.165, 1.54) is 0 Å². The minimum absolute atomic E-state index is 0. The zero-order chi connectivity index (χ0) is 5.58. The topological polar surface area (TPSA) is 67.8 Å². The van der Waals surface area contributed by atoms with Crippen molar-refractivity contribution in [3.63, 3.8) is 0 Å². The number of quaternary nitrogens is 1. The maximum absolute atomic E-state index is 8.89. The van der Waals surface area contributed by atoms with E-state index in [1.54, 1.807) is 0 Å². The number of aliphatic carboxylic acids is 1. The van der Waals surface area contributed by atoms with E-state index in [0.717, 1.165) is 6.92 Å². The fourth-order valence-electron chi connectivity index (χ4n) is 0. The van der Waals surface area contributed by atoms with Crippen molar-refractivity contribution in [3.05, 3.63) is 0 Å². The molecule has 0 unspecified atom stereocenters. The molecule has 0 aliphatic rings. The van der Waals surface area contributed by atoms with Crippen LogP contribution in [-0.4, -0.2) is 30.4 Å². The minimum Gasteiger partial charge on any atom is -0.550 e. The zero-order valence-electron chi connectivity index (χ0n) is 3.92. The molecule has 3 N–H and O–H groups in total. The van der Waals surface area contributed by atoms with Crippen LogP contribution in [-0.2, 0) is 4.79 Å². The van der Waals surface area contributed by atoms with E-state index >= 15 is 0 Å². The first-order valence-electron chi connectivity index (χ1n) is 1.22. The van der Waals surface area contributed by atoms with E-state index in [4.69, 9.17) is 9.90 Å². The number of hydrogen-bond acceptors (Lipinski definition) is 3. The average Bonchev–Trinajstić information content (AvgIpc) is 1.41. The van der Waals surface area contributed by atoms with E-state index < -0.39 is 5.97 Å². The van der Waals surface area contributed by atoms with Gasteiger partial charge in [-0.05, 0) is 6.92 Å². The normalized spacial score (nSPS) is 4.43. The van der Waals surface area contributed by atoms with Gasteiger partial charge in [0.1, 0.15) is 0 Å². The monoisotopic (exact) mass is 230 g/mol. The van der Waals surface area contributed by atoms with Gasteiger partial charge in [0.2, 0.25) is 0 Å². The molecule has 43 valence electrons. The van der Waals surface area contributed by atoms with Crippen LogP contribution in [0.3, 0.4) is 0 Å². The quantitative estimate of drug-likeness (QED) is 0.356. The molecule has 0 fully saturated rings. The van der Waals surface area contributed by atoms with Crippen LogP contribution < -0.4 is 10.2 Å². The molecule has 7 heavy (non-hydrogen) atoms. The Morgan fingerprint density at radius 1 is 1.71 bits per heavy atom. The molecule has 0 aliphatic carbocycles. The fourth-order valence-corrected chi connectivity index (χ4v) is 0. The first kappa shape index (κ1) is 15.6. The maximum Gasteiger partial charge on any atom is 0.0527 e. The Labute approximate surface area is 65.3 Å². The van der Waals surface area contributed by atoms with Crippen molar-refractivity contribution in [2.45, 2.75) is 6.92 Å². The smallest absolute Gasteiger partial charge is 0.0527 e. The molecule has 0 amide bonds. The molecule has 0 rings (SSSR count). The second kappa shape index (κ2) is 16.0. The van der Waals surface area contributed by atoms with Gasteiger partial charge in [0, 0.05) is 30.4 Å². The summed E-state index contributed by atoms with van der Waals surface area (Å²) in [5.74, 6) is -1.08. The molecule has 0 aromatic rings. The molecule has 3 nitrogen and oxygen atoms in total. The Morgan fingerprint density at radius 2 is 1.71 bits per heavy atom. The van der Waals surface area contributed by atoms with Gasteiger partial charge in [-0.3, -0.25) is 5.14 Å². The number of hydrogen-bond donors (Lipinski definition) is 2. The van der Waals surface area contributed by atoms with Crippen LogP contribution in [0.25, 0.3) is 0 Å². The predicted octanol–water partition coefficient (Wildman–Crippen LogP) is -2.55. The molecular weight excluding hydrogens is 224 g/mol. The van der Waals surface area contributed by atoms with Gasteiger partial charge < -0.3 is 9.90 Å². The van der Waals surface area contributed by atoms with Crippen LogP contribution in [0.5, 0.6) is 0 Å². The molecule has 0 bridgehead atoms. The molecule has 0 aromatic heterocycles. The number of carbonyl (C=O) groups excluding carboxylic acids is 1. The largest absolute Gasteiger partial charge is 0.550 e. The third-order valence-electron chi connectivity index (χ3n) is 0. The summed E-state index contributed by atoms with van der Waals surface area (Å²) in [5, 5.41) is 11.8. The third-order valence-corrected chi connectivity index (χ3v) is 0. The summed E-state index contributed by atoms with van der Waals surface area (Å²) in [5.41, 5.74) is 0. The molecule has 5 heteroatoms. The number of thiol groups is 1. The van der Waals surface area contributed by atoms with Gasteiger partial charge in [-0.25, -0.2) is 0 Å². The van der Waals surface area contributed by atoms with Crippen molar-refractivity contribution in [3.8, 4) is 0 Å². The maximum atomic E-state index is 8.89. The SMILES string of the molecule is CC(=O)[O-].[NH3+]S.[Sb]. The van der Waals surface area contributed by atoms with Crippen molar-refractivity contribution in [1.29, 1.82) is 0 Å². The van der Waals surface area contributed by atoms with Crippen molar-refractivity contribution in [2.75, 3.05) is 0 Å². The Hall–Kier alpha value is 0.598. The summed E-state index contributed by atoms with van der Waals surface area (Å²) in [6, 6.07) is 0. The van der Waals surface area contributed by atoms with E-state index in [0.29, 0.717) is 0 Å². The predicted molar refractivity (Wildman–Crippen MR) is 28.3 cm³/mol. The van der Waals surface area contributed by atoms with Crippen LogP contribution in [0.4, 0.5) is 0 Å². The standard InChI is InChI=1S/C2H4O2.H3NS.Sb/c1-2(3)4;1-2;/h1H3,(H,3,4);2H,1H2;. The van der Waals surface area contributed by atoms with Crippen molar-refractivity contribution < 1.29 is 15.0 Å². The molecule has 3 radical (unpaired) electrons. The van der Waals surface area contributed by atoms with Gasteiger partial charge in [-0.1, -0.05) is 0 Å². The molecule has 0 heterocycles. The minimum atomic E-state index is -1.08. The summed E-state index contributed by atoms with van der Waals surface area (Å²) in [6.45, 7) is 0.972. The Kier molecular flexibility index (Phi) is 35.7. The fraction of sp³-hybridized carbons (Fsp3) is 0.500. The molecular formula is C2H7NO2SSb. The molecule has 0 atom stereocenters. The molecule has 0 saturated heterocycles. The van der Waals surface area contributed by atoms with Crippen LogP contribution in [0, 0.1) is 0 Å². The Morgan fingerprint density at radius 3 is 1.71 bits per heavy atom. The zero-order valence-corrected chi connectivity index (χ0v) is 7.37. The van der Waals surface area contributed by atoms with Crippen LogP contribution in [0.1, 0.15) is 6.92 Å². The van der Waals surface area contributed by atoms with Gasteiger partial charge in [0.25, 0.3) is 0 Å². The van der Waals surface area contributed by atoms with Crippen LogP contribution in [0.15, 0.2) is 0 Å². The van der Waals surface area contributed by atoms with Gasteiger partial charge in [0.15, 0.2) is 0 Å². The number of rotatable bonds is 0. The van der Waals surface area contributed by atoms with E-state index in [9.17, 15) is 0 Å². The number of carboxylic acids is 1. The summed E-state index contributed by atoms with van der Waals surface area (Å²) < 4.78 is 0. The molecule has 0 aliphatic heterocycles. The van der Waals surface area contributed by atoms with Crippen molar-refractivity contribution in [1.82, 2.24) is 0 Å². The first-order chi connectivity index (χ1) is 2.73. The van der Waals surface area contributed by atoms with Gasteiger partial charge in [0.05, 0.1) is 12.8 Å². The molecule has 0 aromatic carbocycles. The van der Waals surface area contributed by atoms with Crippen LogP contribution >= 0.6 is 12.8 Å². The third kappa shape index (κ3) is 390. The second-order valence-electron chi connectivity index (χ2n) is 0.492. The van der Waals surface area contributed by atoms with Gasteiger partial charge in [-0.2, -0.15) is 0 Å². The van der Waals surface area contributed by atoms with E-state index in [1.807, 2.05) is 0 Å². The Balaban J connectivity index is -0.0000000480. The number of carboxylic acid groups (broad SMARTS) is 1. The summed E-state index contributed by atoms with van der Waals surface area (Å²) in [7, 11) is 0. The van der Waals surface area contributed by atoms with Gasteiger partial charge in [-0.15, -0.1) is 0 Å². The van der Waals surface area contributed by atoms with E-state index in [2.05, 4.69) is 18.0 Å². The summed E-state index contributed by atoms with van der Waals surface area (Å²) >= 11 is 3.28. The van der Waals surface area contributed by atoms with E-state index in [-0.39, 0.29) is 24.4 Å². The molecule has 0 spiro atoms. The average molecular weight is 231 g/mol. The first-order valence-corrected chi connectivity index (χ1v) is 1.86. The summed E-state index contributed by atoms with van der Waals surface area (Å²) in [6.07, 6.45) is 0. The second-order valence-corrected chi connectivity index (χ2v) is 0.492. The van der Waals surface area contributed by atoms with Crippen molar-refractivity contribution in [2.24, 2.45) is 0 Å². The number of carbonyl (C=O) groups is 1. The van der Waals surface area contributed by atoms with Crippen molar-refractivity contribution >= 4 is 43.2 Å². The van der Waals surface area contributed by atoms with Crippen LogP contribution in [0.2, 0.25) is 0 Å².